The summed E-state index contributed by atoms with van der Waals surface area (Å²) >= 11 is 0. The van der Waals surface area contributed by atoms with Crippen LogP contribution in [-0.4, -0.2) is 24.3 Å². The van der Waals surface area contributed by atoms with E-state index in [9.17, 15) is 28.1 Å². The van der Waals surface area contributed by atoms with Crippen molar-refractivity contribution in [3.63, 3.8) is 0 Å². The maximum atomic E-state index is 12.7. The van der Waals surface area contributed by atoms with E-state index in [0.717, 1.165) is 7.05 Å². The van der Waals surface area contributed by atoms with Crippen molar-refractivity contribution in [2.75, 3.05) is 0 Å². The van der Waals surface area contributed by atoms with Crippen molar-refractivity contribution in [1.29, 1.82) is 0 Å². The lowest BCUT2D eigenvalue weighted by Gasteiger charge is -2.03. The van der Waals surface area contributed by atoms with Crippen molar-refractivity contribution in [3.05, 3.63) is 49.9 Å². The average molecular weight is 317 g/mol. The Kier molecular flexibility index (Phi) is 3.73. The number of aromatic nitrogens is 4. The van der Waals surface area contributed by atoms with E-state index in [1.165, 1.54) is 19.1 Å². The van der Waals surface area contributed by atoms with Gasteiger partial charge in [-0.15, -0.1) is 5.10 Å². The number of rotatable bonds is 3. The van der Waals surface area contributed by atoms with Gasteiger partial charge in [-0.3, -0.25) is 14.7 Å². The summed E-state index contributed by atoms with van der Waals surface area (Å²) in [6.07, 6.45) is -4.75. The number of halogens is 3. The second-order valence-electron chi connectivity index (χ2n) is 4.48. The number of hydrogen-bond donors (Lipinski definition) is 0. The summed E-state index contributed by atoms with van der Waals surface area (Å²) in [7, 11) is 0.961. The number of hydrogen-bond acceptors (Lipinski definition) is 5. The van der Waals surface area contributed by atoms with E-state index in [1.54, 1.807) is 0 Å². The number of nitro groups is 1. The molecule has 2 heterocycles. The lowest BCUT2D eigenvalue weighted by atomic mass is 10.2. The minimum absolute atomic E-state index is 0.0996. The first kappa shape index (κ1) is 15.7. The molecule has 22 heavy (non-hydrogen) atoms. The first-order valence-corrected chi connectivity index (χ1v) is 5.93. The molecule has 0 bridgehead atoms. The molecule has 0 spiro atoms. The van der Waals surface area contributed by atoms with Crippen molar-refractivity contribution in [1.82, 2.24) is 19.3 Å². The largest absolute Gasteiger partial charge is 0.451 e. The Morgan fingerprint density at radius 2 is 2.00 bits per heavy atom. The molecule has 2 aromatic heterocycles. The second-order valence-corrected chi connectivity index (χ2v) is 4.48. The van der Waals surface area contributed by atoms with Crippen LogP contribution >= 0.6 is 0 Å². The van der Waals surface area contributed by atoms with Crippen LogP contribution in [0, 0.1) is 17.0 Å². The highest BCUT2D eigenvalue weighted by atomic mass is 19.4. The fourth-order valence-electron chi connectivity index (χ4n) is 1.88. The van der Waals surface area contributed by atoms with Gasteiger partial charge in [0.25, 0.3) is 5.69 Å². The molecular weight excluding hydrogens is 307 g/mol. The first-order chi connectivity index (χ1) is 10.1. The van der Waals surface area contributed by atoms with Crippen LogP contribution in [0.1, 0.15) is 17.2 Å². The molecule has 0 saturated carbocycles. The summed E-state index contributed by atoms with van der Waals surface area (Å²) in [6.45, 7) is 1.07. The van der Waals surface area contributed by atoms with Crippen LogP contribution in [0.15, 0.2) is 16.9 Å². The van der Waals surface area contributed by atoms with Crippen molar-refractivity contribution < 1.29 is 18.1 Å². The van der Waals surface area contributed by atoms with E-state index in [0.29, 0.717) is 9.25 Å². The zero-order valence-electron chi connectivity index (χ0n) is 11.5. The number of pyridine rings is 1. The quantitative estimate of drug-likeness (QED) is 0.627. The van der Waals surface area contributed by atoms with Gasteiger partial charge in [-0.2, -0.15) is 13.2 Å². The maximum absolute atomic E-state index is 12.7. The molecule has 0 saturated heterocycles. The van der Waals surface area contributed by atoms with Crippen molar-refractivity contribution in [3.8, 4) is 0 Å². The molecule has 11 heteroatoms. The molecule has 0 N–H and O–H groups in total. The van der Waals surface area contributed by atoms with Crippen LogP contribution in [0.4, 0.5) is 18.9 Å². The van der Waals surface area contributed by atoms with Crippen LogP contribution in [0.3, 0.4) is 0 Å². The Morgan fingerprint density at radius 1 is 1.36 bits per heavy atom. The Hall–Kier alpha value is -2.72. The predicted octanol–water partition coefficient (Wildman–Crippen LogP) is 1.26. The molecule has 0 amide bonds. The maximum Gasteiger partial charge on any atom is 0.451 e. The molecule has 0 radical (unpaired) electrons. The molecule has 2 aromatic rings. The van der Waals surface area contributed by atoms with Gasteiger partial charge < -0.3 is 0 Å². The van der Waals surface area contributed by atoms with Crippen molar-refractivity contribution in [2.24, 2.45) is 7.05 Å². The standard InChI is InChI=1S/C11H10F3N5O3/c1-6-8(19(21)22)4-3-7(15-6)5-18-10(20)17(2)9(16-18)11(12,13)14/h3-4H,5H2,1-2H3. The van der Waals surface area contributed by atoms with Gasteiger partial charge in [-0.25, -0.2) is 14.5 Å². The molecule has 118 valence electrons. The fraction of sp³-hybridized carbons (Fsp3) is 0.364. The van der Waals surface area contributed by atoms with Gasteiger partial charge in [-0.1, -0.05) is 0 Å². The lowest BCUT2D eigenvalue weighted by Crippen LogP contribution is -2.25. The van der Waals surface area contributed by atoms with Gasteiger partial charge in [0, 0.05) is 13.1 Å². The average Bonchev–Trinajstić information content (AvgIpc) is 2.66. The van der Waals surface area contributed by atoms with Gasteiger partial charge in [-0.05, 0) is 13.0 Å². The molecule has 0 aliphatic carbocycles. The number of aryl methyl sites for hydroxylation is 1. The topological polar surface area (TPSA) is 95.8 Å². The molecule has 0 fully saturated rings. The van der Waals surface area contributed by atoms with Crippen molar-refractivity contribution >= 4 is 5.69 Å². The third kappa shape index (κ3) is 2.82. The molecule has 8 nitrogen and oxygen atoms in total. The zero-order chi connectivity index (χ0) is 16.7. The summed E-state index contributed by atoms with van der Waals surface area (Å²) in [4.78, 5) is 25.7. The summed E-state index contributed by atoms with van der Waals surface area (Å²) in [5.74, 6) is -1.32. The van der Waals surface area contributed by atoms with Gasteiger partial charge in [0.1, 0.15) is 5.69 Å². The third-order valence-corrected chi connectivity index (χ3v) is 2.92. The van der Waals surface area contributed by atoms with Gasteiger partial charge in [0.2, 0.25) is 5.82 Å². The minimum atomic E-state index is -4.75. The van der Waals surface area contributed by atoms with E-state index in [-0.39, 0.29) is 23.6 Å². The van der Waals surface area contributed by atoms with E-state index < -0.39 is 22.6 Å². The normalized spacial score (nSPS) is 11.7. The third-order valence-electron chi connectivity index (χ3n) is 2.92. The van der Waals surface area contributed by atoms with Crippen LogP contribution in [-0.2, 0) is 19.8 Å². The summed E-state index contributed by atoms with van der Waals surface area (Å²) in [5.41, 5.74) is -0.877. The summed E-state index contributed by atoms with van der Waals surface area (Å²) < 4.78 is 39.0. The summed E-state index contributed by atoms with van der Waals surface area (Å²) in [6, 6.07) is 2.44. The molecule has 0 unspecified atom stereocenters. The zero-order valence-corrected chi connectivity index (χ0v) is 11.5. The van der Waals surface area contributed by atoms with E-state index >= 15 is 0 Å². The van der Waals surface area contributed by atoms with Crippen LogP contribution in [0.2, 0.25) is 0 Å². The van der Waals surface area contributed by atoms with Gasteiger partial charge >= 0.3 is 11.9 Å². The van der Waals surface area contributed by atoms with E-state index in [2.05, 4.69) is 10.1 Å². The van der Waals surface area contributed by atoms with E-state index in [4.69, 9.17) is 0 Å². The molecular formula is C11H10F3N5O3. The van der Waals surface area contributed by atoms with Crippen LogP contribution in [0.5, 0.6) is 0 Å². The van der Waals surface area contributed by atoms with Crippen LogP contribution < -0.4 is 5.69 Å². The highest BCUT2D eigenvalue weighted by molar-refractivity contribution is 5.35. The highest BCUT2D eigenvalue weighted by Gasteiger charge is 2.38. The Bertz CT molecular complexity index is 793. The molecule has 0 atom stereocenters. The van der Waals surface area contributed by atoms with Crippen LogP contribution in [0.25, 0.3) is 0 Å². The van der Waals surface area contributed by atoms with E-state index in [1.807, 2.05) is 0 Å². The highest BCUT2D eigenvalue weighted by Crippen LogP contribution is 2.26. The minimum Gasteiger partial charge on any atom is -0.274 e. The molecule has 2 rings (SSSR count). The predicted molar refractivity (Wildman–Crippen MR) is 67.2 cm³/mol. The monoisotopic (exact) mass is 317 g/mol. The first-order valence-electron chi connectivity index (χ1n) is 5.93. The Labute approximate surface area is 121 Å². The number of alkyl halides is 3. The fourth-order valence-corrected chi connectivity index (χ4v) is 1.88. The SMILES string of the molecule is Cc1nc(Cn2nc(C(F)(F)F)n(C)c2=O)ccc1[N+](=O)[O-]. The number of nitrogens with zero attached hydrogens (tertiary/aromatic N) is 5. The van der Waals surface area contributed by atoms with Gasteiger partial charge in [0.05, 0.1) is 17.2 Å². The molecule has 0 aliphatic rings. The van der Waals surface area contributed by atoms with Gasteiger partial charge in [0.15, 0.2) is 0 Å². The summed E-state index contributed by atoms with van der Waals surface area (Å²) in [5, 5.41) is 13.9. The second kappa shape index (κ2) is 5.24. The smallest absolute Gasteiger partial charge is 0.274 e. The molecule has 0 aliphatic heterocycles. The lowest BCUT2D eigenvalue weighted by molar-refractivity contribution is -0.385. The Morgan fingerprint density at radius 3 is 2.45 bits per heavy atom. The van der Waals surface area contributed by atoms with Crippen molar-refractivity contribution in [2.45, 2.75) is 19.6 Å². The molecule has 0 aromatic carbocycles. The Balaban J connectivity index is 2.38.